The molecule has 0 aliphatic carbocycles. The molecular weight excluding hydrogens is 261 g/mol. The molecule has 4 nitrogen and oxygen atoms in total. The minimum atomic E-state index is -0.831. The average Bonchev–Trinajstić information content (AvgIpc) is 2.41. The molecule has 0 aromatic heterocycles. The summed E-state index contributed by atoms with van der Waals surface area (Å²) in [6.45, 7) is 2.77. The number of nitrogens with two attached hydrogens (primary N) is 1. The van der Waals surface area contributed by atoms with Gasteiger partial charge in [0, 0.05) is 6.54 Å². The van der Waals surface area contributed by atoms with Crippen molar-refractivity contribution in [1.82, 2.24) is 0 Å². The molecule has 1 aromatic carbocycles. The number of carbonyl (C=O) groups is 1. The van der Waals surface area contributed by atoms with Crippen LogP contribution in [0.25, 0.3) is 0 Å². The van der Waals surface area contributed by atoms with Crippen molar-refractivity contribution in [2.24, 2.45) is 17.6 Å². The lowest BCUT2D eigenvalue weighted by Gasteiger charge is -2.15. The fraction of sp³-hybridized carbons (Fsp3) is 0.533. The van der Waals surface area contributed by atoms with Crippen molar-refractivity contribution in [1.29, 1.82) is 0 Å². The van der Waals surface area contributed by atoms with Gasteiger partial charge in [-0.2, -0.15) is 0 Å². The quantitative estimate of drug-likeness (QED) is 0.731. The van der Waals surface area contributed by atoms with Crippen molar-refractivity contribution >= 4 is 5.97 Å². The molecule has 0 aliphatic rings. The largest absolute Gasteiger partial charge is 0.494 e. The van der Waals surface area contributed by atoms with Crippen molar-refractivity contribution in [3.63, 3.8) is 0 Å². The van der Waals surface area contributed by atoms with Gasteiger partial charge in [-0.25, -0.2) is 4.39 Å². The molecule has 0 fully saturated rings. The Labute approximate surface area is 118 Å². The molecule has 2 atom stereocenters. The molecule has 20 heavy (non-hydrogen) atoms. The Hall–Kier alpha value is -1.62. The lowest BCUT2D eigenvalue weighted by atomic mass is 9.95. The van der Waals surface area contributed by atoms with E-state index in [0.717, 1.165) is 12.8 Å². The first-order valence-electron chi connectivity index (χ1n) is 6.84. The van der Waals surface area contributed by atoms with Crippen LogP contribution in [0.2, 0.25) is 0 Å². The third-order valence-corrected chi connectivity index (χ3v) is 3.33. The summed E-state index contributed by atoms with van der Waals surface area (Å²) in [5.41, 5.74) is 5.41. The van der Waals surface area contributed by atoms with E-state index in [1.165, 1.54) is 12.1 Å². The van der Waals surface area contributed by atoms with Crippen LogP contribution < -0.4 is 10.5 Å². The second-order valence-electron chi connectivity index (χ2n) is 5.04. The molecule has 0 radical (unpaired) electrons. The van der Waals surface area contributed by atoms with Crippen LogP contribution >= 0.6 is 0 Å². The van der Waals surface area contributed by atoms with Gasteiger partial charge >= 0.3 is 5.97 Å². The summed E-state index contributed by atoms with van der Waals surface area (Å²) in [7, 11) is 0. The van der Waals surface area contributed by atoms with Crippen molar-refractivity contribution in [3.05, 3.63) is 30.1 Å². The van der Waals surface area contributed by atoms with Crippen LogP contribution in [0.1, 0.15) is 26.2 Å². The first-order chi connectivity index (χ1) is 9.52. The summed E-state index contributed by atoms with van der Waals surface area (Å²) in [6.07, 6.45) is 2.22. The predicted octanol–water partition coefficient (Wildman–Crippen LogP) is 2.67. The Balaban J connectivity index is 2.21. The Bertz CT molecular complexity index is 408. The van der Waals surface area contributed by atoms with Crippen LogP contribution in [0.15, 0.2) is 24.3 Å². The van der Waals surface area contributed by atoms with Crippen molar-refractivity contribution in [3.8, 4) is 5.75 Å². The molecule has 1 rings (SSSR count). The highest BCUT2D eigenvalue weighted by molar-refractivity contribution is 5.70. The van der Waals surface area contributed by atoms with E-state index < -0.39 is 11.9 Å². The molecule has 3 N–H and O–H groups in total. The van der Waals surface area contributed by atoms with Crippen molar-refractivity contribution in [2.75, 3.05) is 13.2 Å². The van der Waals surface area contributed by atoms with E-state index in [2.05, 4.69) is 6.92 Å². The highest BCUT2D eigenvalue weighted by Gasteiger charge is 2.16. The molecule has 5 heteroatoms. The molecule has 112 valence electrons. The SMILES string of the molecule is CC(CCOc1ccc(F)cc1)CCC(CN)C(=O)O. The van der Waals surface area contributed by atoms with Crippen molar-refractivity contribution in [2.45, 2.75) is 26.2 Å². The Morgan fingerprint density at radius 2 is 1.95 bits per heavy atom. The monoisotopic (exact) mass is 283 g/mol. The summed E-state index contributed by atoms with van der Waals surface area (Å²) < 4.78 is 18.2. The molecule has 0 bridgehead atoms. The number of aliphatic carboxylic acids is 1. The number of halogens is 1. The number of hydrogen-bond acceptors (Lipinski definition) is 3. The molecule has 1 aromatic rings. The van der Waals surface area contributed by atoms with Gasteiger partial charge in [0.05, 0.1) is 12.5 Å². The smallest absolute Gasteiger partial charge is 0.307 e. The summed E-state index contributed by atoms with van der Waals surface area (Å²) in [6, 6.07) is 5.90. The van der Waals surface area contributed by atoms with Crippen molar-refractivity contribution < 1.29 is 19.0 Å². The van der Waals surface area contributed by atoms with E-state index in [9.17, 15) is 9.18 Å². The minimum absolute atomic E-state index is 0.175. The highest BCUT2D eigenvalue weighted by atomic mass is 19.1. The number of rotatable bonds is 9. The summed E-state index contributed by atoms with van der Waals surface area (Å²) in [5, 5.41) is 8.90. The Morgan fingerprint density at radius 1 is 1.30 bits per heavy atom. The number of hydrogen-bond donors (Lipinski definition) is 2. The first kappa shape index (κ1) is 16.4. The van der Waals surface area contributed by atoms with E-state index in [1.807, 2.05) is 0 Å². The topological polar surface area (TPSA) is 72.5 Å². The fourth-order valence-corrected chi connectivity index (χ4v) is 1.88. The second-order valence-corrected chi connectivity index (χ2v) is 5.04. The molecule has 0 spiro atoms. The maximum atomic E-state index is 12.7. The molecule has 0 aliphatic heterocycles. The van der Waals surface area contributed by atoms with Crippen LogP contribution in [0.3, 0.4) is 0 Å². The van der Waals surface area contributed by atoms with E-state index in [-0.39, 0.29) is 12.4 Å². The summed E-state index contributed by atoms with van der Waals surface area (Å²) >= 11 is 0. The highest BCUT2D eigenvalue weighted by Crippen LogP contribution is 2.17. The van der Waals surface area contributed by atoms with E-state index >= 15 is 0 Å². The van der Waals surface area contributed by atoms with Gasteiger partial charge in [0.25, 0.3) is 0 Å². The summed E-state index contributed by atoms with van der Waals surface area (Å²) in [5.74, 6) is -0.572. The van der Waals surface area contributed by atoms with Crippen LogP contribution in [-0.2, 0) is 4.79 Å². The van der Waals surface area contributed by atoms with Gasteiger partial charge in [0.1, 0.15) is 11.6 Å². The third kappa shape index (κ3) is 6.02. The Morgan fingerprint density at radius 3 is 2.50 bits per heavy atom. The first-order valence-corrected chi connectivity index (χ1v) is 6.84. The zero-order chi connectivity index (χ0) is 15.0. The second kappa shape index (κ2) is 8.53. The van der Waals surface area contributed by atoms with Gasteiger partial charge in [-0.15, -0.1) is 0 Å². The summed E-state index contributed by atoms with van der Waals surface area (Å²) in [4.78, 5) is 10.8. The zero-order valence-corrected chi connectivity index (χ0v) is 11.7. The average molecular weight is 283 g/mol. The number of carboxylic acids is 1. The zero-order valence-electron chi connectivity index (χ0n) is 11.7. The lowest BCUT2D eigenvalue weighted by molar-refractivity contribution is -0.141. The van der Waals surface area contributed by atoms with Gasteiger partial charge in [-0.1, -0.05) is 6.92 Å². The molecular formula is C15H22FNO3. The molecule has 2 unspecified atom stereocenters. The van der Waals surface area contributed by atoms with E-state index in [0.29, 0.717) is 24.7 Å². The molecule has 0 heterocycles. The Kier molecular flexibility index (Phi) is 7.01. The van der Waals surface area contributed by atoms with Gasteiger partial charge in [0.2, 0.25) is 0 Å². The van der Waals surface area contributed by atoms with Gasteiger partial charge < -0.3 is 15.6 Å². The standard InChI is InChI=1S/C15H22FNO3/c1-11(2-3-12(10-17)15(18)19)8-9-20-14-6-4-13(16)5-7-14/h4-7,11-12H,2-3,8-10,17H2,1H3,(H,18,19). The molecule has 0 saturated carbocycles. The predicted molar refractivity (Wildman–Crippen MR) is 75.1 cm³/mol. The van der Waals surface area contributed by atoms with Crippen LogP contribution in [0.5, 0.6) is 5.75 Å². The van der Waals surface area contributed by atoms with Crippen LogP contribution in [0, 0.1) is 17.7 Å². The third-order valence-electron chi connectivity index (χ3n) is 3.33. The minimum Gasteiger partial charge on any atom is -0.494 e. The van der Waals surface area contributed by atoms with Gasteiger partial charge in [0.15, 0.2) is 0 Å². The number of ether oxygens (including phenoxy) is 1. The maximum absolute atomic E-state index is 12.7. The van der Waals surface area contributed by atoms with Crippen LogP contribution in [-0.4, -0.2) is 24.2 Å². The van der Waals surface area contributed by atoms with E-state index in [4.69, 9.17) is 15.6 Å². The number of carboxylic acid groups (broad SMARTS) is 1. The normalized spacial score (nSPS) is 13.8. The van der Waals surface area contributed by atoms with Gasteiger partial charge in [-0.05, 0) is 49.4 Å². The van der Waals surface area contributed by atoms with Crippen LogP contribution in [0.4, 0.5) is 4.39 Å². The molecule has 0 saturated heterocycles. The maximum Gasteiger partial charge on any atom is 0.307 e. The lowest BCUT2D eigenvalue weighted by Crippen LogP contribution is -2.23. The van der Waals surface area contributed by atoms with E-state index in [1.54, 1.807) is 12.1 Å². The molecule has 0 amide bonds. The van der Waals surface area contributed by atoms with Gasteiger partial charge in [-0.3, -0.25) is 4.79 Å². The number of benzene rings is 1. The fourth-order valence-electron chi connectivity index (χ4n) is 1.88.